The molecule has 83 valence electrons. The molecule has 1 radical (unpaired) electrons. The predicted octanol–water partition coefficient (Wildman–Crippen LogP) is 2.93. The highest BCUT2D eigenvalue weighted by Gasteiger charge is 2.55. The summed E-state index contributed by atoms with van der Waals surface area (Å²) in [5.41, 5.74) is -0.0821. The number of rotatable bonds is 2. The zero-order valence-corrected chi connectivity index (χ0v) is 9.37. The van der Waals surface area contributed by atoms with Gasteiger partial charge in [0.05, 0.1) is 5.41 Å². The molecule has 0 aromatic heterocycles. The quantitative estimate of drug-likeness (QED) is 0.651. The van der Waals surface area contributed by atoms with Gasteiger partial charge in [-0.15, -0.1) is 0 Å². The van der Waals surface area contributed by atoms with Gasteiger partial charge in [0.2, 0.25) is 0 Å². The minimum Gasteiger partial charge on any atom is -0.458 e. The minimum atomic E-state index is -0.0821. The van der Waals surface area contributed by atoms with Crippen LogP contribution in [0.25, 0.3) is 0 Å². The van der Waals surface area contributed by atoms with E-state index < -0.39 is 0 Å². The summed E-state index contributed by atoms with van der Waals surface area (Å²) in [6, 6.07) is 0. The third-order valence-electron chi connectivity index (χ3n) is 4.70. The first kappa shape index (κ1) is 9.68. The molecule has 0 aromatic carbocycles. The van der Waals surface area contributed by atoms with E-state index in [1.165, 1.54) is 19.3 Å². The van der Waals surface area contributed by atoms with Gasteiger partial charge in [0.1, 0.15) is 6.61 Å². The lowest BCUT2D eigenvalue weighted by molar-refractivity contribution is -0.167. The van der Waals surface area contributed by atoms with Gasteiger partial charge in [-0.2, -0.15) is 0 Å². The van der Waals surface area contributed by atoms with Crippen LogP contribution in [-0.4, -0.2) is 5.97 Å². The summed E-state index contributed by atoms with van der Waals surface area (Å²) in [5, 5.41) is 0. The van der Waals surface area contributed by atoms with Crippen molar-refractivity contribution in [3.8, 4) is 0 Å². The number of hydrogen-bond acceptors (Lipinski definition) is 2. The van der Waals surface area contributed by atoms with E-state index >= 15 is 0 Å². The Kier molecular flexibility index (Phi) is 2.08. The lowest BCUT2D eigenvalue weighted by atomic mass is 9.49. The predicted molar refractivity (Wildman–Crippen MR) is 56.7 cm³/mol. The van der Waals surface area contributed by atoms with Crippen molar-refractivity contribution in [2.45, 2.75) is 45.4 Å². The highest BCUT2D eigenvalue weighted by atomic mass is 16.5. The first-order valence-corrected chi connectivity index (χ1v) is 6.21. The molecule has 2 heteroatoms. The fraction of sp³-hybridized carbons (Fsp3) is 0.846. The Morgan fingerprint density at radius 3 is 2.00 bits per heavy atom. The molecule has 0 amide bonds. The van der Waals surface area contributed by atoms with Crippen molar-refractivity contribution in [2.24, 2.45) is 23.2 Å². The second-order valence-corrected chi connectivity index (χ2v) is 5.84. The Labute approximate surface area is 91.4 Å². The molecule has 0 spiro atoms. The average Bonchev–Trinajstić information content (AvgIpc) is 2.15. The molecule has 4 saturated carbocycles. The van der Waals surface area contributed by atoms with E-state index in [4.69, 9.17) is 4.74 Å². The summed E-state index contributed by atoms with van der Waals surface area (Å²) in [7, 11) is 0. The van der Waals surface area contributed by atoms with E-state index in [-0.39, 0.29) is 11.4 Å². The molecule has 0 unspecified atom stereocenters. The van der Waals surface area contributed by atoms with E-state index in [9.17, 15) is 4.79 Å². The first-order valence-electron chi connectivity index (χ1n) is 6.21. The summed E-state index contributed by atoms with van der Waals surface area (Å²) in [6.45, 7) is 3.33. The maximum Gasteiger partial charge on any atom is 0.312 e. The topological polar surface area (TPSA) is 26.3 Å². The molecule has 0 aromatic rings. The lowest BCUT2D eigenvalue weighted by Crippen LogP contribution is -2.50. The van der Waals surface area contributed by atoms with Gasteiger partial charge >= 0.3 is 5.97 Å². The zero-order chi connectivity index (χ0) is 10.5. The summed E-state index contributed by atoms with van der Waals surface area (Å²) in [4.78, 5) is 12.0. The molecule has 4 aliphatic carbocycles. The molecule has 4 rings (SSSR count). The molecule has 0 atom stereocenters. The number of carbonyl (C=O) groups excluding carboxylic acids is 1. The summed E-state index contributed by atoms with van der Waals surface area (Å²) >= 11 is 0. The van der Waals surface area contributed by atoms with Gasteiger partial charge in [-0.05, 0) is 63.2 Å². The van der Waals surface area contributed by atoms with Crippen LogP contribution in [0.3, 0.4) is 0 Å². The normalized spacial score (nSPS) is 46.9. The van der Waals surface area contributed by atoms with Crippen LogP contribution in [0.1, 0.15) is 45.4 Å². The number of hydrogen-bond donors (Lipinski definition) is 0. The summed E-state index contributed by atoms with van der Waals surface area (Å²) < 4.78 is 5.16. The Bertz CT molecular complexity index is 247. The van der Waals surface area contributed by atoms with E-state index in [0.29, 0.717) is 0 Å². The number of ether oxygens (including phenoxy) is 1. The van der Waals surface area contributed by atoms with Gasteiger partial charge in [-0.25, -0.2) is 0 Å². The zero-order valence-electron chi connectivity index (χ0n) is 9.37. The largest absolute Gasteiger partial charge is 0.458 e. The molecular formula is C13H19O2. The SMILES string of the molecule is C[CH]OC(=O)C12CC3CC(CC(C3)C1)C2. The van der Waals surface area contributed by atoms with Crippen molar-refractivity contribution < 1.29 is 9.53 Å². The fourth-order valence-electron chi connectivity index (χ4n) is 4.59. The van der Waals surface area contributed by atoms with Crippen LogP contribution in [-0.2, 0) is 9.53 Å². The molecule has 15 heavy (non-hydrogen) atoms. The molecule has 0 saturated heterocycles. The molecular weight excluding hydrogens is 188 g/mol. The third kappa shape index (κ3) is 1.41. The molecule has 4 fully saturated rings. The molecule has 2 nitrogen and oxygen atoms in total. The van der Waals surface area contributed by atoms with E-state index in [2.05, 4.69) is 0 Å². The minimum absolute atomic E-state index is 0.0594. The Hall–Kier alpha value is -0.530. The van der Waals surface area contributed by atoms with Gasteiger partial charge in [0.25, 0.3) is 0 Å². The van der Waals surface area contributed by atoms with Crippen molar-refractivity contribution >= 4 is 5.97 Å². The van der Waals surface area contributed by atoms with Crippen molar-refractivity contribution in [3.05, 3.63) is 6.61 Å². The van der Waals surface area contributed by atoms with Gasteiger partial charge in [-0.1, -0.05) is 0 Å². The van der Waals surface area contributed by atoms with Gasteiger partial charge in [-0.3, -0.25) is 4.79 Å². The lowest BCUT2D eigenvalue weighted by Gasteiger charge is -2.55. The summed E-state index contributed by atoms with van der Waals surface area (Å²) in [5.74, 6) is 2.52. The van der Waals surface area contributed by atoms with Crippen LogP contribution in [0.2, 0.25) is 0 Å². The monoisotopic (exact) mass is 207 g/mol. The maximum absolute atomic E-state index is 12.0. The molecule has 0 aliphatic heterocycles. The smallest absolute Gasteiger partial charge is 0.312 e. The molecule has 4 aliphatic rings. The second kappa shape index (κ2) is 3.23. The van der Waals surface area contributed by atoms with Crippen LogP contribution >= 0.6 is 0 Å². The van der Waals surface area contributed by atoms with Crippen molar-refractivity contribution in [1.29, 1.82) is 0 Å². The van der Waals surface area contributed by atoms with Crippen LogP contribution in [0, 0.1) is 29.8 Å². The standard InChI is InChI=1S/C13H19O2/c1-2-15-12(14)13-6-9-3-10(7-13)5-11(4-9)8-13/h2,9-11H,3-8H2,1H3. The van der Waals surface area contributed by atoms with Gasteiger partial charge in [0.15, 0.2) is 0 Å². The van der Waals surface area contributed by atoms with E-state index in [1.807, 2.05) is 0 Å². The Balaban J connectivity index is 1.83. The highest BCUT2D eigenvalue weighted by Crippen LogP contribution is 2.60. The summed E-state index contributed by atoms with van der Waals surface area (Å²) in [6.07, 6.45) is 7.44. The van der Waals surface area contributed by atoms with Crippen molar-refractivity contribution in [3.63, 3.8) is 0 Å². The molecule has 4 bridgehead atoms. The average molecular weight is 207 g/mol. The molecule has 0 heterocycles. The van der Waals surface area contributed by atoms with Gasteiger partial charge in [0, 0.05) is 0 Å². The Morgan fingerprint density at radius 2 is 1.60 bits per heavy atom. The van der Waals surface area contributed by atoms with Crippen LogP contribution in [0.15, 0.2) is 0 Å². The van der Waals surface area contributed by atoms with Crippen LogP contribution in [0.4, 0.5) is 0 Å². The first-order chi connectivity index (χ1) is 7.22. The van der Waals surface area contributed by atoms with Crippen LogP contribution < -0.4 is 0 Å². The number of esters is 1. The van der Waals surface area contributed by atoms with Crippen molar-refractivity contribution in [1.82, 2.24) is 0 Å². The highest BCUT2D eigenvalue weighted by molar-refractivity contribution is 5.77. The molecule has 0 N–H and O–H groups in total. The maximum atomic E-state index is 12.0. The van der Waals surface area contributed by atoms with E-state index in [1.54, 1.807) is 13.5 Å². The Morgan fingerprint density at radius 1 is 1.13 bits per heavy atom. The second-order valence-electron chi connectivity index (χ2n) is 5.84. The van der Waals surface area contributed by atoms with E-state index in [0.717, 1.165) is 37.0 Å². The van der Waals surface area contributed by atoms with Crippen LogP contribution in [0.5, 0.6) is 0 Å². The third-order valence-corrected chi connectivity index (χ3v) is 4.70. The fourth-order valence-corrected chi connectivity index (χ4v) is 4.59. The van der Waals surface area contributed by atoms with Crippen molar-refractivity contribution in [2.75, 3.05) is 0 Å². The van der Waals surface area contributed by atoms with Gasteiger partial charge < -0.3 is 4.74 Å². The number of carbonyl (C=O) groups is 1.